The molecule has 0 aliphatic carbocycles. The quantitative estimate of drug-likeness (QED) is 0.857. The largest absolute Gasteiger partial charge is 0.334 e. The highest BCUT2D eigenvalue weighted by atomic mass is 35.5. The first-order valence-corrected chi connectivity index (χ1v) is 6.11. The van der Waals surface area contributed by atoms with Gasteiger partial charge in [-0.25, -0.2) is 13.8 Å². The Kier molecular flexibility index (Phi) is 3.72. The molecule has 7 heteroatoms. The number of nitrogens with zero attached hydrogens (tertiary/aromatic N) is 2. The van der Waals surface area contributed by atoms with Crippen LogP contribution in [0.4, 0.5) is 4.39 Å². The van der Waals surface area contributed by atoms with E-state index in [0.29, 0.717) is 11.0 Å². The number of nitriles is 1. The Morgan fingerprint density at radius 1 is 1.45 bits per heavy atom. The van der Waals surface area contributed by atoms with E-state index >= 15 is 0 Å². The van der Waals surface area contributed by atoms with Gasteiger partial charge in [0.15, 0.2) is 0 Å². The van der Waals surface area contributed by atoms with Crippen molar-refractivity contribution in [1.29, 1.82) is 5.26 Å². The van der Waals surface area contributed by atoms with Gasteiger partial charge in [-0.1, -0.05) is 24.6 Å². The zero-order valence-corrected chi connectivity index (χ0v) is 11.2. The maximum absolute atomic E-state index is 13.6. The topological polar surface area (TPSA) is 78.7 Å². The van der Waals surface area contributed by atoms with Crippen LogP contribution in [0.25, 0.3) is 5.69 Å². The molecule has 0 unspecified atom stereocenters. The molecule has 0 bridgehead atoms. The molecule has 1 aromatic carbocycles. The summed E-state index contributed by atoms with van der Waals surface area (Å²) in [5.74, 6) is -0.802. The average Bonchev–Trinajstić information content (AvgIpc) is 2.39. The summed E-state index contributed by atoms with van der Waals surface area (Å²) in [6.45, 7) is 1.70. The fourth-order valence-corrected chi connectivity index (χ4v) is 2.18. The number of rotatable bonds is 2. The normalized spacial score (nSPS) is 10.3. The van der Waals surface area contributed by atoms with Crippen LogP contribution in [-0.4, -0.2) is 9.55 Å². The highest BCUT2D eigenvalue weighted by molar-refractivity contribution is 6.30. The molecule has 20 heavy (non-hydrogen) atoms. The SMILES string of the molecule is CCc1c(Cl)[nH]c(=O)n(-c2cccc(F)c2C#N)c1=O. The standard InChI is InChI=1S/C13H9ClFN3O2/c1-2-7-11(14)17-13(20)18(12(7)19)10-5-3-4-9(15)8(10)6-16/h3-5H,2H2,1H3,(H,17,20). The zero-order chi connectivity index (χ0) is 14.9. The van der Waals surface area contributed by atoms with Crippen molar-refractivity contribution < 1.29 is 4.39 Å². The number of benzene rings is 1. The molecule has 0 spiro atoms. The van der Waals surface area contributed by atoms with Crippen LogP contribution in [0.5, 0.6) is 0 Å². The molecule has 0 fully saturated rings. The molecule has 102 valence electrons. The van der Waals surface area contributed by atoms with Crippen LogP contribution in [0.15, 0.2) is 27.8 Å². The van der Waals surface area contributed by atoms with E-state index in [4.69, 9.17) is 16.9 Å². The second-order valence-electron chi connectivity index (χ2n) is 3.96. The third kappa shape index (κ3) is 2.12. The molecule has 1 N–H and O–H groups in total. The van der Waals surface area contributed by atoms with Crippen molar-refractivity contribution in [3.8, 4) is 11.8 Å². The first-order chi connectivity index (χ1) is 9.51. The van der Waals surface area contributed by atoms with Crippen LogP contribution < -0.4 is 11.2 Å². The van der Waals surface area contributed by atoms with Gasteiger partial charge in [-0.3, -0.25) is 9.78 Å². The van der Waals surface area contributed by atoms with E-state index in [0.717, 1.165) is 6.07 Å². The lowest BCUT2D eigenvalue weighted by atomic mass is 10.1. The van der Waals surface area contributed by atoms with E-state index < -0.39 is 17.1 Å². The van der Waals surface area contributed by atoms with Gasteiger partial charge in [-0.15, -0.1) is 0 Å². The predicted octanol–water partition coefficient (Wildman–Crippen LogP) is 1.75. The molecule has 2 aromatic rings. The Morgan fingerprint density at radius 2 is 2.15 bits per heavy atom. The van der Waals surface area contributed by atoms with Crippen LogP contribution in [0.2, 0.25) is 5.15 Å². The third-order valence-corrected chi connectivity index (χ3v) is 3.17. The fourth-order valence-electron chi connectivity index (χ4n) is 1.88. The number of hydrogen-bond donors (Lipinski definition) is 1. The number of H-pyrrole nitrogens is 1. The summed E-state index contributed by atoms with van der Waals surface area (Å²) in [5, 5.41) is 8.93. The van der Waals surface area contributed by atoms with Crippen molar-refractivity contribution in [2.24, 2.45) is 0 Å². The smallest absolute Gasteiger partial charge is 0.297 e. The Labute approximate surface area is 117 Å². The maximum atomic E-state index is 13.6. The number of aromatic amines is 1. The highest BCUT2D eigenvalue weighted by Crippen LogP contribution is 2.15. The molecular weight excluding hydrogens is 285 g/mol. The second kappa shape index (κ2) is 5.31. The van der Waals surface area contributed by atoms with E-state index in [1.165, 1.54) is 12.1 Å². The van der Waals surface area contributed by atoms with Gasteiger partial charge < -0.3 is 0 Å². The number of halogens is 2. The minimum Gasteiger partial charge on any atom is -0.297 e. The van der Waals surface area contributed by atoms with Crippen molar-refractivity contribution in [2.45, 2.75) is 13.3 Å². The summed E-state index contributed by atoms with van der Waals surface area (Å²) in [6.07, 6.45) is 0.297. The van der Waals surface area contributed by atoms with Gasteiger partial charge >= 0.3 is 5.69 Å². The minimum atomic E-state index is -0.820. The molecule has 0 saturated carbocycles. The maximum Gasteiger partial charge on any atom is 0.334 e. The van der Waals surface area contributed by atoms with E-state index in [2.05, 4.69) is 4.98 Å². The molecule has 0 atom stereocenters. The van der Waals surface area contributed by atoms with Gasteiger partial charge in [0.2, 0.25) is 0 Å². The Balaban J connectivity index is 2.92. The molecule has 0 saturated heterocycles. The summed E-state index contributed by atoms with van der Waals surface area (Å²) < 4.78 is 14.3. The molecular formula is C13H9ClFN3O2. The summed E-state index contributed by atoms with van der Waals surface area (Å²) in [4.78, 5) is 26.5. The van der Waals surface area contributed by atoms with Gasteiger partial charge in [0.25, 0.3) is 5.56 Å². The van der Waals surface area contributed by atoms with Crippen molar-refractivity contribution in [2.75, 3.05) is 0 Å². The van der Waals surface area contributed by atoms with Crippen molar-refractivity contribution >= 4 is 11.6 Å². The first kappa shape index (κ1) is 14.0. The zero-order valence-electron chi connectivity index (χ0n) is 10.4. The monoisotopic (exact) mass is 293 g/mol. The highest BCUT2D eigenvalue weighted by Gasteiger charge is 2.17. The van der Waals surface area contributed by atoms with Gasteiger partial charge in [0.1, 0.15) is 22.6 Å². The predicted molar refractivity (Wildman–Crippen MR) is 71.7 cm³/mol. The van der Waals surface area contributed by atoms with Crippen LogP contribution in [0, 0.1) is 17.1 Å². The molecule has 0 aliphatic rings. The van der Waals surface area contributed by atoms with Crippen LogP contribution in [0.3, 0.4) is 0 Å². The third-order valence-electron chi connectivity index (χ3n) is 2.84. The molecule has 0 amide bonds. The molecule has 2 rings (SSSR count). The van der Waals surface area contributed by atoms with Gasteiger partial charge in [-0.05, 0) is 18.6 Å². The van der Waals surface area contributed by atoms with E-state index in [-0.39, 0.29) is 22.0 Å². The number of aromatic nitrogens is 2. The summed E-state index contributed by atoms with van der Waals surface area (Å²) >= 11 is 5.79. The molecule has 5 nitrogen and oxygen atoms in total. The van der Waals surface area contributed by atoms with Gasteiger partial charge in [0.05, 0.1) is 11.3 Å². The van der Waals surface area contributed by atoms with Crippen LogP contribution in [-0.2, 0) is 6.42 Å². The number of hydrogen-bond acceptors (Lipinski definition) is 3. The van der Waals surface area contributed by atoms with E-state index in [1.54, 1.807) is 13.0 Å². The van der Waals surface area contributed by atoms with Crippen molar-refractivity contribution in [3.63, 3.8) is 0 Å². The lowest BCUT2D eigenvalue weighted by Crippen LogP contribution is -2.36. The van der Waals surface area contributed by atoms with Gasteiger partial charge in [-0.2, -0.15) is 5.26 Å². The lowest BCUT2D eigenvalue weighted by molar-refractivity contribution is 0.621. The molecule has 1 heterocycles. The van der Waals surface area contributed by atoms with Crippen LogP contribution >= 0.6 is 11.6 Å². The van der Waals surface area contributed by atoms with Gasteiger partial charge in [0, 0.05) is 0 Å². The summed E-state index contributed by atoms with van der Waals surface area (Å²) in [6, 6.07) is 5.37. The first-order valence-electron chi connectivity index (χ1n) is 5.74. The fraction of sp³-hybridized carbons (Fsp3) is 0.154. The average molecular weight is 294 g/mol. The molecule has 1 aromatic heterocycles. The van der Waals surface area contributed by atoms with Crippen molar-refractivity contribution in [3.05, 3.63) is 61.1 Å². The Morgan fingerprint density at radius 3 is 2.75 bits per heavy atom. The van der Waals surface area contributed by atoms with E-state index in [1.807, 2.05) is 0 Å². The second-order valence-corrected chi connectivity index (χ2v) is 4.34. The Bertz CT molecular complexity index is 833. The molecule has 0 radical (unpaired) electrons. The van der Waals surface area contributed by atoms with Crippen LogP contribution in [0.1, 0.15) is 18.1 Å². The number of nitrogens with one attached hydrogen (secondary N) is 1. The Hall–Kier alpha value is -2.39. The summed E-state index contributed by atoms with van der Waals surface area (Å²) in [7, 11) is 0. The van der Waals surface area contributed by atoms with E-state index in [9.17, 15) is 14.0 Å². The molecule has 0 aliphatic heterocycles. The minimum absolute atomic E-state index is 0.0475. The summed E-state index contributed by atoms with van der Waals surface area (Å²) in [5.41, 5.74) is -1.77. The lowest BCUT2D eigenvalue weighted by Gasteiger charge is -2.09. The van der Waals surface area contributed by atoms with Crippen molar-refractivity contribution in [1.82, 2.24) is 9.55 Å².